The highest BCUT2D eigenvalue weighted by atomic mass is 15.2. The third-order valence-corrected chi connectivity index (χ3v) is 4.96. The van der Waals surface area contributed by atoms with Gasteiger partial charge in [0, 0.05) is 18.1 Å². The van der Waals surface area contributed by atoms with Gasteiger partial charge in [0.2, 0.25) is 0 Å². The monoisotopic (exact) mass is 261 g/mol. The normalized spacial score (nSPS) is 35.3. The Bertz CT molecular complexity index is 353. The van der Waals surface area contributed by atoms with E-state index in [1.54, 1.807) is 0 Å². The summed E-state index contributed by atoms with van der Waals surface area (Å²) in [6.45, 7) is 3.50. The van der Waals surface area contributed by atoms with Crippen molar-refractivity contribution in [1.82, 2.24) is 10.2 Å². The van der Waals surface area contributed by atoms with Crippen LogP contribution in [0.1, 0.15) is 64.7 Å². The zero-order valence-corrected chi connectivity index (χ0v) is 12.2. The minimum absolute atomic E-state index is 0.217. The maximum Gasteiger partial charge on any atom is 0.108 e. The number of nitriles is 1. The Labute approximate surface area is 117 Å². The molecule has 2 atom stereocenters. The molecule has 2 unspecified atom stereocenters. The van der Waals surface area contributed by atoms with Gasteiger partial charge in [-0.15, -0.1) is 0 Å². The minimum atomic E-state index is -0.217. The molecule has 0 heterocycles. The molecule has 0 aromatic heterocycles. The predicted octanol–water partition coefficient (Wildman–Crippen LogP) is 2.82. The summed E-state index contributed by atoms with van der Waals surface area (Å²) in [5.41, 5.74) is -0.217. The molecule has 0 aliphatic heterocycles. The van der Waals surface area contributed by atoms with Crippen LogP contribution in [0.25, 0.3) is 0 Å². The van der Waals surface area contributed by atoms with E-state index >= 15 is 0 Å². The van der Waals surface area contributed by atoms with Gasteiger partial charge in [0.15, 0.2) is 0 Å². The van der Waals surface area contributed by atoms with Crippen molar-refractivity contribution in [2.24, 2.45) is 0 Å². The van der Waals surface area contributed by atoms with Crippen molar-refractivity contribution >= 4 is 0 Å². The van der Waals surface area contributed by atoms with Crippen LogP contribution in [-0.2, 0) is 0 Å². The molecule has 0 aromatic rings. The number of hydrogen-bond acceptors (Lipinski definition) is 3. The van der Waals surface area contributed by atoms with Crippen LogP contribution in [-0.4, -0.2) is 35.1 Å². The number of hydrogen-bond donors (Lipinski definition) is 1. The standard InChI is InChI=1S/C16H27N3/c1-2-10-19(14-7-8-14)15-4-3-9-16(11-15,12-17)18-13-5-6-13/h13-15,18H,2-11H2,1H3. The summed E-state index contributed by atoms with van der Waals surface area (Å²) in [5, 5.41) is 13.3. The molecule has 3 aliphatic rings. The third-order valence-electron chi connectivity index (χ3n) is 4.96. The summed E-state index contributed by atoms with van der Waals surface area (Å²) in [5.74, 6) is 0. The second kappa shape index (κ2) is 5.42. The van der Waals surface area contributed by atoms with Gasteiger partial charge in [-0.25, -0.2) is 0 Å². The SMILES string of the molecule is CCCN(C1CC1)C1CCCC(C#N)(NC2CC2)C1. The first-order chi connectivity index (χ1) is 9.26. The van der Waals surface area contributed by atoms with Crippen molar-refractivity contribution in [3.05, 3.63) is 0 Å². The van der Waals surface area contributed by atoms with Crippen LogP contribution in [0, 0.1) is 11.3 Å². The summed E-state index contributed by atoms with van der Waals surface area (Å²) in [7, 11) is 0. The molecule has 19 heavy (non-hydrogen) atoms. The quantitative estimate of drug-likeness (QED) is 0.799. The largest absolute Gasteiger partial charge is 0.297 e. The van der Waals surface area contributed by atoms with Crippen LogP contribution in [0.3, 0.4) is 0 Å². The van der Waals surface area contributed by atoms with Gasteiger partial charge in [0.05, 0.1) is 6.07 Å². The van der Waals surface area contributed by atoms with Crippen molar-refractivity contribution in [2.75, 3.05) is 6.54 Å². The molecular weight excluding hydrogens is 234 g/mol. The molecular formula is C16H27N3. The van der Waals surface area contributed by atoms with Gasteiger partial charge in [-0.3, -0.25) is 10.2 Å². The Morgan fingerprint density at radius 2 is 2.00 bits per heavy atom. The second-order valence-corrected chi connectivity index (χ2v) is 6.83. The van der Waals surface area contributed by atoms with E-state index in [0.717, 1.165) is 18.9 Å². The predicted molar refractivity (Wildman–Crippen MR) is 76.8 cm³/mol. The van der Waals surface area contributed by atoms with E-state index in [0.29, 0.717) is 12.1 Å². The van der Waals surface area contributed by atoms with E-state index in [4.69, 9.17) is 0 Å². The maximum absolute atomic E-state index is 9.67. The Kier molecular flexibility index (Phi) is 3.82. The molecule has 3 aliphatic carbocycles. The van der Waals surface area contributed by atoms with Gasteiger partial charge >= 0.3 is 0 Å². The number of rotatable bonds is 6. The van der Waals surface area contributed by atoms with Crippen LogP contribution in [0.15, 0.2) is 0 Å². The van der Waals surface area contributed by atoms with Crippen LogP contribution >= 0.6 is 0 Å². The van der Waals surface area contributed by atoms with E-state index in [2.05, 4.69) is 23.2 Å². The summed E-state index contributed by atoms with van der Waals surface area (Å²) in [6, 6.07) is 4.75. The first kappa shape index (κ1) is 13.4. The lowest BCUT2D eigenvalue weighted by molar-refractivity contribution is 0.112. The summed E-state index contributed by atoms with van der Waals surface area (Å²) in [4.78, 5) is 2.72. The van der Waals surface area contributed by atoms with Crippen molar-refractivity contribution in [2.45, 2.75) is 88.4 Å². The van der Waals surface area contributed by atoms with E-state index in [1.807, 2.05) is 0 Å². The van der Waals surface area contributed by atoms with Gasteiger partial charge in [0.1, 0.15) is 5.54 Å². The molecule has 0 amide bonds. The van der Waals surface area contributed by atoms with Crippen molar-refractivity contribution in [3.63, 3.8) is 0 Å². The highest BCUT2D eigenvalue weighted by Crippen LogP contribution is 2.38. The lowest BCUT2D eigenvalue weighted by Gasteiger charge is -2.42. The first-order valence-corrected chi connectivity index (χ1v) is 8.21. The Morgan fingerprint density at radius 1 is 1.21 bits per heavy atom. The van der Waals surface area contributed by atoms with Gasteiger partial charge in [0.25, 0.3) is 0 Å². The summed E-state index contributed by atoms with van der Waals surface area (Å²) >= 11 is 0. The van der Waals surface area contributed by atoms with Gasteiger partial charge in [-0.2, -0.15) is 5.26 Å². The Morgan fingerprint density at radius 3 is 2.58 bits per heavy atom. The molecule has 3 nitrogen and oxygen atoms in total. The van der Waals surface area contributed by atoms with Crippen LogP contribution in [0.5, 0.6) is 0 Å². The molecule has 0 radical (unpaired) electrons. The van der Waals surface area contributed by atoms with Crippen molar-refractivity contribution in [1.29, 1.82) is 5.26 Å². The average molecular weight is 261 g/mol. The average Bonchev–Trinajstić information content (AvgIpc) is 3.30. The smallest absolute Gasteiger partial charge is 0.108 e. The Balaban J connectivity index is 1.66. The van der Waals surface area contributed by atoms with Crippen LogP contribution in [0.2, 0.25) is 0 Å². The van der Waals surface area contributed by atoms with Crippen molar-refractivity contribution in [3.8, 4) is 6.07 Å². The summed E-state index contributed by atoms with van der Waals surface area (Å²) in [6.07, 6.45) is 11.2. The molecule has 3 heteroatoms. The van der Waals surface area contributed by atoms with Crippen molar-refractivity contribution < 1.29 is 0 Å². The lowest BCUT2D eigenvalue weighted by atomic mass is 9.79. The zero-order chi connectivity index (χ0) is 13.3. The van der Waals surface area contributed by atoms with E-state index < -0.39 is 0 Å². The van der Waals surface area contributed by atoms with Gasteiger partial charge < -0.3 is 0 Å². The van der Waals surface area contributed by atoms with E-state index in [9.17, 15) is 5.26 Å². The van der Waals surface area contributed by atoms with Gasteiger partial charge in [-0.1, -0.05) is 6.92 Å². The number of nitrogens with one attached hydrogen (secondary N) is 1. The molecule has 0 spiro atoms. The molecule has 3 saturated carbocycles. The maximum atomic E-state index is 9.67. The molecule has 106 valence electrons. The summed E-state index contributed by atoms with van der Waals surface area (Å²) < 4.78 is 0. The topological polar surface area (TPSA) is 39.1 Å². The van der Waals surface area contributed by atoms with Crippen LogP contribution < -0.4 is 5.32 Å². The highest BCUT2D eigenvalue weighted by Gasteiger charge is 2.44. The first-order valence-electron chi connectivity index (χ1n) is 8.21. The minimum Gasteiger partial charge on any atom is -0.297 e. The molecule has 0 bridgehead atoms. The van der Waals surface area contributed by atoms with E-state index in [-0.39, 0.29) is 5.54 Å². The molecule has 1 N–H and O–H groups in total. The fourth-order valence-corrected chi connectivity index (χ4v) is 3.74. The molecule has 3 rings (SSSR count). The highest BCUT2D eigenvalue weighted by molar-refractivity contribution is 5.14. The third kappa shape index (κ3) is 3.12. The molecule has 3 fully saturated rings. The van der Waals surface area contributed by atoms with Gasteiger partial charge in [-0.05, 0) is 64.3 Å². The Hall–Kier alpha value is -0.590. The molecule has 0 saturated heterocycles. The van der Waals surface area contributed by atoms with Crippen LogP contribution in [0.4, 0.5) is 0 Å². The second-order valence-electron chi connectivity index (χ2n) is 6.83. The fourth-order valence-electron chi connectivity index (χ4n) is 3.74. The molecule has 0 aromatic carbocycles. The number of nitrogens with zero attached hydrogens (tertiary/aromatic N) is 2. The fraction of sp³-hybridized carbons (Fsp3) is 0.938. The zero-order valence-electron chi connectivity index (χ0n) is 12.2. The lowest BCUT2D eigenvalue weighted by Crippen LogP contribution is -2.54. The van der Waals surface area contributed by atoms with E-state index in [1.165, 1.54) is 51.5 Å².